The predicted molar refractivity (Wildman–Crippen MR) is 212 cm³/mol. The van der Waals surface area contributed by atoms with Crippen LogP contribution in [0.15, 0.2) is 164 Å². The lowest BCUT2D eigenvalue weighted by Crippen LogP contribution is -2.06. The third kappa shape index (κ3) is 4.11. The van der Waals surface area contributed by atoms with Crippen LogP contribution >= 0.6 is 11.3 Å². The van der Waals surface area contributed by atoms with Crippen LogP contribution in [0, 0.1) is 0 Å². The van der Waals surface area contributed by atoms with Gasteiger partial charge in [0, 0.05) is 53.8 Å². The molecule has 0 saturated heterocycles. The molecule has 0 unspecified atom stereocenters. The van der Waals surface area contributed by atoms with Gasteiger partial charge in [-0.3, -0.25) is 4.57 Å². The first-order valence-corrected chi connectivity index (χ1v) is 17.9. The summed E-state index contributed by atoms with van der Waals surface area (Å²) in [5, 5.41) is 7.35. The summed E-state index contributed by atoms with van der Waals surface area (Å²) in [6.07, 6.45) is 0. The first-order valence-electron chi connectivity index (χ1n) is 17.1. The number of thiophene rings is 1. The highest BCUT2D eigenvalue weighted by Crippen LogP contribution is 2.51. The summed E-state index contributed by atoms with van der Waals surface area (Å²) in [5.74, 6) is 1.87. The van der Waals surface area contributed by atoms with Gasteiger partial charge in [0.2, 0.25) is 5.95 Å². The summed E-state index contributed by atoms with van der Waals surface area (Å²) < 4.78 is 7.21. The second-order valence-corrected chi connectivity index (χ2v) is 13.9. The molecule has 4 aromatic heterocycles. The smallest absolute Gasteiger partial charge is 0.238 e. The summed E-state index contributed by atoms with van der Waals surface area (Å²) in [6.45, 7) is 0. The van der Waals surface area contributed by atoms with Gasteiger partial charge in [0.15, 0.2) is 11.6 Å². The van der Waals surface area contributed by atoms with E-state index in [1.165, 1.54) is 47.4 Å². The third-order valence-electron chi connectivity index (χ3n) is 9.95. The molecule has 4 heterocycles. The molecule has 0 atom stereocenters. The van der Waals surface area contributed by atoms with E-state index in [1.807, 2.05) is 47.7 Å². The molecular weight excluding hydrogens is 643 g/mol. The van der Waals surface area contributed by atoms with Gasteiger partial charge < -0.3 is 4.57 Å². The van der Waals surface area contributed by atoms with E-state index in [0.717, 1.165) is 33.2 Å². The monoisotopic (exact) mass is 669 g/mol. The quantitative estimate of drug-likeness (QED) is 0.187. The van der Waals surface area contributed by atoms with Crippen LogP contribution in [0.1, 0.15) is 0 Å². The van der Waals surface area contributed by atoms with E-state index in [0.29, 0.717) is 17.6 Å². The number of rotatable bonds is 4. The Morgan fingerprint density at radius 3 is 1.55 bits per heavy atom. The maximum Gasteiger partial charge on any atom is 0.238 e. The molecule has 0 fully saturated rings. The van der Waals surface area contributed by atoms with Crippen molar-refractivity contribution in [2.24, 2.45) is 0 Å². The van der Waals surface area contributed by atoms with E-state index in [9.17, 15) is 0 Å². The minimum absolute atomic E-state index is 0.592. The normalized spacial score (nSPS) is 11.9. The maximum absolute atomic E-state index is 5.27. The highest BCUT2D eigenvalue weighted by molar-refractivity contribution is 7.27. The minimum Gasteiger partial charge on any atom is -0.309 e. The molecule has 0 N–H and O–H groups in total. The summed E-state index contributed by atoms with van der Waals surface area (Å²) in [7, 11) is 0. The van der Waals surface area contributed by atoms with Gasteiger partial charge >= 0.3 is 0 Å². The molecule has 0 radical (unpaired) electrons. The molecule has 0 aliphatic carbocycles. The number of aromatic nitrogens is 5. The Morgan fingerprint density at radius 2 is 0.902 bits per heavy atom. The van der Waals surface area contributed by atoms with Crippen molar-refractivity contribution in [3.05, 3.63) is 164 Å². The topological polar surface area (TPSA) is 48.5 Å². The molecule has 7 aromatic carbocycles. The van der Waals surface area contributed by atoms with Crippen molar-refractivity contribution in [3.63, 3.8) is 0 Å². The summed E-state index contributed by atoms with van der Waals surface area (Å²) in [5.41, 5.74) is 7.52. The van der Waals surface area contributed by atoms with E-state index < -0.39 is 0 Å². The molecule has 0 bridgehead atoms. The van der Waals surface area contributed by atoms with Crippen molar-refractivity contribution in [2.75, 3.05) is 0 Å². The Bertz CT molecular complexity index is 3060. The van der Waals surface area contributed by atoms with Gasteiger partial charge in [-0.05, 0) is 30.3 Å². The zero-order valence-electron chi connectivity index (χ0n) is 27.2. The van der Waals surface area contributed by atoms with Crippen molar-refractivity contribution in [2.45, 2.75) is 0 Å². The van der Waals surface area contributed by atoms with Crippen LogP contribution in [-0.2, 0) is 0 Å². The Hall–Kier alpha value is -6.63. The lowest BCUT2D eigenvalue weighted by atomic mass is 10.0. The maximum atomic E-state index is 5.27. The fourth-order valence-corrected chi connectivity index (χ4v) is 9.09. The predicted octanol–water partition coefficient (Wildman–Crippen LogP) is 11.8. The highest BCUT2D eigenvalue weighted by Gasteiger charge is 2.27. The van der Waals surface area contributed by atoms with Gasteiger partial charge in [0.1, 0.15) is 0 Å². The Kier molecular flexibility index (Phi) is 6.05. The highest BCUT2D eigenvalue weighted by atomic mass is 32.1. The lowest BCUT2D eigenvalue weighted by Gasteiger charge is -2.12. The summed E-state index contributed by atoms with van der Waals surface area (Å²) in [4.78, 5) is 15.6. The van der Waals surface area contributed by atoms with E-state index >= 15 is 0 Å². The first kappa shape index (κ1) is 28.2. The zero-order chi connectivity index (χ0) is 33.5. The molecule has 11 rings (SSSR count). The second-order valence-electron chi connectivity index (χ2n) is 12.8. The van der Waals surface area contributed by atoms with Crippen molar-refractivity contribution < 1.29 is 0 Å². The molecule has 0 aliphatic rings. The number of benzene rings is 7. The molecule has 11 aromatic rings. The molecule has 0 aliphatic heterocycles. The van der Waals surface area contributed by atoms with Crippen molar-refractivity contribution >= 4 is 75.1 Å². The molecule has 51 heavy (non-hydrogen) atoms. The van der Waals surface area contributed by atoms with E-state index in [1.54, 1.807) is 0 Å². The molecule has 0 spiro atoms. The molecule has 238 valence electrons. The third-order valence-corrected chi connectivity index (χ3v) is 11.1. The number of para-hydroxylation sites is 3. The lowest BCUT2D eigenvalue weighted by molar-refractivity contribution is 0.955. The van der Waals surface area contributed by atoms with Gasteiger partial charge in [-0.2, -0.15) is 9.97 Å². The number of nitrogens with zero attached hydrogens (tertiary/aromatic N) is 5. The largest absolute Gasteiger partial charge is 0.309 e. The van der Waals surface area contributed by atoms with Gasteiger partial charge in [-0.25, -0.2) is 4.98 Å². The van der Waals surface area contributed by atoms with Gasteiger partial charge in [-0.1, -0.05) is 133 Å². The second kappa shape index (κ2) is 10.9. The standard InChI is InChI=1S/C45H27N5S/c1-4-16-28(17-5-1)43-46-44(29-18-6-2-7-19-29)48-45(47-43)50-35-26-14-11-23-32(35)39-40-37(38-33-24-12-15-27-36(33)51-42(38)41(39)50)31-22-10-13-25-34(31)49(40)30-20-8-3-9-21-30/h1-27H. The molecule has 6 heteroatoms. The van der Waals surface area contributed by atoms with Gasteiger partial charge in [0.05, 0.1) is 26.8 Å². The van der Waals surface area contributed by atoms with Crippen molar-refractivity contribution in [3.8, 4) is 34.4 Å². The van der Waals surface area contributed by atoms with Gasteiger partial charge in [0.25, 0.3) is 0 Å². The van der Waals surface area contributed by atoms with Crippen LogP contribution in [0.3, 0.4) is 0 Å². The van der Waals surface area contributed by atoms with Crippen LogP contribution in [0.25, 0.3) is 98.2 Å². The summed E-state index contributed by atoms with van der Waals surface area (Å²) in [6, 6.07) is 57.5. The van der Waals surface area contributed by atoms with E-state index in [4.69, 9.17) is 15.0 Å². The first-order chi connectivity index (χ1) is 25.3. The molecular formula is C45H27N5S. The van der Waals surface area contributed by atoms with Crippen LogP contribution in [-0.4, -0.2) is 24.1 Å². The number of fused-ring (bicyclic) bond motifs is 12. The zero-order valence-corrected chi connectivity index (χ0v) is 28.0. The SMILES string of the molecule is c1ccc(-c2nc(-c3ccccc3)nc(-n3c4ccccc4c4c3c3sc5ccccc5c3c3c5ccccc5n(-c5ccccc5)c34)n2)cc1. The Labute approximate surface area is 296 Å². The van der Waals surface area contributed by atoms with Crippen LogP contribution < -0.4 is 0 Å². The van der Waals surface area contributed by atoms with Crippen molar-refractivity contribution in [1.29, 1.82) is 0 Å². The fourth-order valence-electron chi connectivity index (χ4n) is 7.84. The summed E-state index contributed by atoms with van der Waals surface area (Å²) >= 11 is 1.84. The van der Waals surface area contributed by atoms with E-state index in [2.05, 4.69) is 137 Å². The van der Waals surface area contributed by atoms with Crippen LogP contribution in [0.4, 0.5) is 0 Å². The van der Waals surface area contributed by atoms with Crippen molar-refractivity contribution in [1.82, 2.24) is 24.1 Å². The Balaban J connectivity index is 1.40. The average molecular weight is 670 g/mol. The number of hydrogen-bond acceptors (Lipinski definition) is 4. The molecule has 5 nitrogen and oxygen atoms in total. The molecule has 0 saturated carbocycles. The average Bonchev–Trinajstić information content (AvgIpc) is 3.87. The van der Waals surface area contributed by atoms with Crippen LogP contribution in [0.5, 0.6) is 0 Å². The minimum atomic E-state index is 0.592. The Morgan fingerprint density at radius 1 is 0.392 bits per heavy atom. The van der Waals surface area contributed by atoms with Gasteiger partial charge in [-0.15, -0.1) is 11.3 Å². The van der Waals surface area contributed by atoms with E-state index in [-0.39, 0.29) is 0 Å². The molecule has 0 amide bonds. The fraction of sp³-hybridized carbons (Fsp3) is 0. The number of hydrogen-bond donors (Lipinski definition) is 0. The van der Waals surface area contributed by atoms with Crippen LogP contribution in [0.2, 0.25) is 0 Å².